The third-order valence-corrected chi connectivity index (χ3v) is 8.22. The van der Waals surface area contributed by atoms with Crippen molar-refractivity contribution >= 4 is 14.8 Å². The van der Waals surface area contributed by atoms with Crippen LogP contribution in [0.25, 0.3) is 0 Å². The number of carbonyl (C=O) groups excluding carboxylic acids is 1. The van der Waals surface area contributed by atoms with E-state index in [1.165, 1.54) is 5.57 Å². The molecule has 37 heavy (non-hydrogen) atoms. The molecule has 2 aromatic carbocycles. The molecule has 0 aromatic heterocycles. The summed E-state index contributed by atoms with van der Waals surface area (Å²) in [5, 5.41) is 0. The maximum Gasteiger partial charge on any atom is 0.274 e. The maximum absolute atomic E-state index is 14.4. The van der Waals surface area contributed by atoms with E-state index < -0.39 is 14.5 Å². The first kappa shape index (κ1) is 27.1. The van der Waals surface area contributed by atoms with E-state index in [1.54, 1.807) is 40.6 Å². The molecule has 2 unspecified atom stereocenters. The SMILES string of the molecule is COc1cc(C(=O)C23CC=C(CC2c2ccc(OC)c(C(C)(C)C)c2O[Si](C)C)C3)cc(OC)c1OC. The van der Waals surface area contributed by atoms with Crippen molar-refractivity contribution < 1.29 is 28.2 Å². The molecule has 1 saturated carbocycles. The molecule has 0 aliphatic heterocycles. The van der Waals surface area contributed by atoms with Crippen molar-refractivity contribution in [2.24, 2.45) is 5.41 Å². The average molecular weight is 524 g/mol. The van der Waals surface area contributed by atoms with E-state index in [1.807, 2.05) is 6.07 Å². The summed E-state index contributed by atoms with van der Waals surface area (Å²) in [5.41, 5.74) is 3.28. The van der Waals surface area contributed by atoms with Crippen LogP contribution in [-0.2, 0) is 5.41 Å². The van der Waals surface area contributed by atoms with E-state index in [9.17, 15) is 4.79 Å². The summed E-state index contributed by atoms with van der Waals surface area (Å²) in [6, 6.07) is 7.71. The molecule has 0 spiro atoms. The minimum absolute atomic E-state index is 0.00227. The number of methoxy groups -OCH3 is 4. The van der Waals surface area contributed by atoms with E-state index in [2.05, 4.69) is 46.0 Å². The van der Waals surface area contributed by atoms with E-state index in [-0.39, 0.29) is 17.1 Å². The Hall–Kier alpha value is -2.93. The molecule has 1 radical (unpaired) electrons. The number of Topliss-reactive ketones (excluding diaryl/α,β-unsaturated/α-hetero) is 1. The number of ketones is 1. The first-order valence-corrected chi connectivity index (χ1v) is 15.1. The molecular weight excluding hydrogens is 484 g/mol. The van der Waals surface area contributed by atoms with Crippen molar-refractivity contribution in [2.75, 3.05) is 28.4 Å². The third-order valence-electron chi connectivity index (χ3n) is 7.61. The minimum atomic E-state index is -1.08. The predicted molar refractivity (Wildman–Crippen MR) is 147 cm³/mol. The van der Waals surface area contributed by atoms with Crippen LogP contribution in [0.4, 0.5) is 0 Å². The highest BCUT2D eigenvalue weighted by molar-refractivity contribution is 6.49. The van der Waals surface area contributed by atoms with Gasteiger partial charge in [0.15, 0.2) is 17.3 Å². The number of allylic oxidation sites excluding steroid dienone is 2. The Morgan fingerprint density at radius 1 is 0.919 bits per heavy atom. The monoisotopic (exact) mass is 523 g/mol. The van der Waals surface area contributed by atoms with Gasteiger partial charge in [-0.15, -0.1) is 0 Å². The lowest BCUT2D eigenvalue weighted by Crippen LogP contribution is -2.34. The largest absolute Gasteiger partial charge is 0.542 e. The lowest BCUT2D eigenvalue weighted by atomic mass is 9.67. The van der Waals surface area contributed by atoms with Gasteiger partial charge in [-0.25, -0.2) is 0 Å². The Morgan fingerprint density at radius 3 is 2.03 bits per heavy atom. The maximum atomic E-state index is 14.4. The molecule has 2 atom stereocenters. The smallest absolute Gasteiger partial charge is 0.274 e. The second-order valence-corrected chi connectivity index (χ2v) is 13.2. The Kier molecular flexibility index (Phi) is 7.39. The van der Waals surface area contributed by atoms with Crippen LogP contribution in [0.15, 0.2) is 35.9 Å². The van der Waals surface area contributed by atoms with E-state index in [4.69, 9.17) is 23.4 Å². The van der Waals surface area contributed by atoms with Crippen molar-refractivity contribution in [3.8, 4) is 28.7 Å². The number of carbonyl (C=O) groups is 1. The predicted octanol–water partition coefficient (Wildman–Crippen LogP) is 6.73. The molecule has 2 aliphatic rings. The summed E-state index contributed by atoms with van der Waals surface area (Å²) in [7, 11) is 5.34. The van der Waals surface area contributed by atoms with Crippen LogP contribution in [-0.4, -0.2) is 43.3 Å². The van der Waals surface area contributed by atoms with Crippen molar-refractivity contribution in [1.82, 2.24) is 0 Å². The van der Waals surface area contributed by atoms with Gasteiger partial charge in [0.1, 0.15) is 11.5 Å². The highest BCUT2D eigenvalue weighted by Gasteiger charge is 2.55. The zero-order valence-electron chi connectivity index (χ0n) is 23.5. The summed E-state index contributed by atoms with van der Waals surface area (Å²) in [4.78, 5) is 14.4. The molecule has 7 heteroatoms. The third kappa shape index (κ3) is 4.63. The molecular formula is C30H39O6Si. The van der Waals surface area contributed by atoms with Crippen molar-refractivity contribution in [3.63, 3.8) is 0 Å². The van der Waals surface area contributed by atoms with Crippen molar-refractivity contribution in [3.05, 3.63) is 52.6 Å². The molecule has 2 aromatic rings. The van der Waals surface area contributed by atoms with Gasteiger partial charge in [-0.2, -0.15) is 0 Å². The Labute approximate surface area is 222 Å². The van der Waals surface area contributed by atoms with Gasteiger partial charge in [0.25, 0.3) is 9.04 Å². The average Bonchev–Trinajstić information content (AvgIpc) is 3.46. The quantitative estimate of drug-likeness (QED) is 0.206. The lowest BCUT2D eigenvalue weighted by Gasteiger charge is -2.36. The second kappa shape index (κ2) is 10.1. The van der Waals surface area contributed by atoms with Gasteiger partial charge in [0.05, 0.1) is 28.4 Å². The molecule has 1 fully saturated rings. The van der Waals surface area contributed by atoms with E-state index in [0.29, 0.717) is 29.2 Å². The van der Waals surface area contributed by atoms with E-state index in [0.717, 1.165) is 35.5 Å². The van der Waals surface area contributed by atoms with Gasteiger partial charge in [-0.3, -0.25) is 4.79 Å². The molecule has 0 N–H and O–H groups in total. The Bertz CT molecular complexity index is 1200. The fraction of sp³-hybridized carbons (Fsp3) is 0.500. The standard InChI is InChI=1S/C30H39O6Si/c1-29(2,3)25-22(32-4)11-10-20(26(25)36-37(8)9)21-14-18-12-13-30(21,17-18)28(31)19-15-23(33-5)27(35-7)24(16-19)34-6/h10-12,15-16,21H,13-14,17H2,1-9H3. The molecule has 0 heterocycles. The van der Waals surface area contributed by atoms with Gasteiger partial charge < -0.3 is 23.4 Å². The first-order valence-electron chi connectivity index (χ1n) is 12.7. The molecule has 0 saturated heterocycles. The van der Waals surface area contributed by atoms with Crippen LogP contribution in [0.2, 0.25) is 13.1 Å². The fourth-order valence-electron chi connectivity index (χ4n) is 6.04. The number of fused-ring (bicyclic) bond motifs is 2. The number of rotatable bonds is 9. The van der Waals surface area contributed by atoms with Crippen LogP contribution in [0.3, 0.4) is 0 Å². The van der Waals surface area contributed by atoms with Gasteiger partial charge in [-0.1, -0.05) is 38.5 Å². The molecule has 6 nitrogen and oxygen atoms in total. The van der Waals surface area contributed by atoms with Crippen LogP contribution in [0.5, 0.6) is 28.7 Å². The number of hydrogen-bond acceptors (Lipinski definition) is 6. The molecule has 4 rings (SSSR count). The van der Waals surface area contributed by atoms with Crippen LogP contribution < -0.4 is 23.4 Å². The summed E-state index contributed by atoms with van der Waals surface area (Å²) in [6.45, 7) is 10.8. The van der Waals surface area contributed by atoms with Crippen LogP contribution in [0, 0.1) is 5.41 Å². The number of ether oxygens (including phenoxy) is 4. The first-order chi connectivity index (χ1) is 17.5. The van der Waals surface area contributed by atoms with Gasteiger partial charge in [0.2, 0.25) is 5.75 Å². The molecule has 199 valence electrons. The lowest BCUT2D eigenvalue weighted by molar-refractivity contribution is 0.0782. The molecule has 0 amide bonds. The van der Waals surface area contributed by atoms with Crippen LogP contribution >= 0.6 is 0 Å². The highest BCUT2D eigenvalue weighted by Crippen LogP contribution is 2.62. The minimum Gasteiger partial charge on any atom is -0.542 e. The molecule has 2 bridgehead atoms. The van der Waals surface area contributed by atoms with Crippen LogP contribution in [0.1, 0.15) is 67.4 Å². The summed E-state index contributed by atoms with van der Waals surface area (Å²) < 4.78 is 29.0. The highest BCUT2D eigenvalue weighted by atomic mass is 28.3. The normalized spacial score (nSPS) is 20.6. The Balaban J connectivity index is 1.89. The van der Waals surface area contributed by atoms with Gasteiger partial charge in [-0.05, 0) is 61.5 Å². The van der Waals surface area contributed by atoms with Crippen molar-refractivity contribution in [1.29, 1.82) is 0 Å². The second-order valence-electron chi connectivity index (χ2n) is 11.2. The number of benzene rings is 2. The summed E-state index contributed by atoms with van der Waals surface area (Å²) >= 11 is 0. The Morgan fingerprint density at radius 2 is 1.54 bits per heavy atom. The van der Waals surface area contributed by atoms with Gasteiger partial charge >= 0.3 is 0 Å². The summed E-state index contributed by atoms with van der Waals surface area (Å²) in [5.74, 6) is 3.25. The zero-order valence-corrected chi connectivity index (χ0v) is 24.5. The van der Waals surface area contributed by atoms with Crippen molar-refractivity contribution in [2.45, 2.75) is 64.5 Å². The van der Waals surface area contributed by atoms with Gasteiger partial charge in [0, 0.05) is 22.5 Å². The topological polar surface area (TPSA) is 63.2 Å². The van der Waals surface area contributed by atoms with E-state index >= 15 is 0 Å². The zero-order chi connectivity index (χ0) is 27.1. The fourth-order valence-corrected chi connectivity index (χ4v) is 6.67. The molecule has 2 aliphatic carbocycles. The number of hydrogen-bond donors (Lipinski definition) is 0. The summed E-state index contributed by atoms with van der Waals surface area (Å²) in [6.07, 6.45) is 4.54.